The van der Waals surface area contributed by atoms with E-state index < -0.39 is 5.82 Å². The highest BCUT2D eigenvalue weighted by atomic mass is 35.5. The molecule has 3 rings (SSSR count). The number of halogens is 2. The normalized spacial score (nSPS) is 11.5. The second kappa shape index (κ2) is 5.57. The maximum absolute atomic E-state index is 13.6. The van der Waals surface area contributed by atoms with Crippen LogP contribution in [0.3, 0.4) is 0 Å². The molecule has 0 atom stereocenters. The smallest absolute Gasteiger partial charge is 0.219 e. The van der Waals surface area contributed by atoms with Crippen molar-refractivity contribution in [3.8, 4) is 5.88 Å². The number of rotatable bonds is 3. The molecule has 0 bridgehead atoms. The highest BCUT2D eigenvalue weighted by Gasteiger charge is 2.18. The molecule has 0 unspecified atom stereocenters. The third-order valence-corrected chi connectivity index (χ3v) is 3.86. The Morgan fingerprint density at radius 2 is 2.09 bits per heavy atom. The lowest BCUT2D eigenvalue weighted by atomic mass is 9.98. The summed E-state index contributed by atoms with van der Waals surface area (Å²) in [6.45, 7) is 4.00. The summed E-state index contributed by atoms with van der Waals surface area (Å²) in [5, 5.41) is 14.6. The first kappa shape index (κ1) is 14.8. The number of hydrogen-bond acceptors (Lipinski definition) is 3. The fourth-order valence-corrected chi connectivity index (χ4v) is 2.60. The molecule has 114 valence electrons. The summed E-state index contributed by atoms with van der Waals surface area (Å²) in [6, 6.07) is 6.36. The third-order valence-electron chi connectivity index (χ3n) is 3.55. The van der Waals surface area contributed by atoms with Gasteiger partial charge in [0.1, 0.15) is 5.82 Å². The minimum absolute atomic E-state index is 0.0362. The van der Waals surface area contributed by atoms with E-state index in [0.29, 0.717) is 23.2 Å². The number of hydrogen-bond donors (Lipinski definition) is 1. The maximum Gasteiger partial charge on any atom is 0.219 e. The predicted molar refractivity (Wildman–Crippen MR) is 83.0 cm³/mol. The standard InChI is InChI=1S/C16H15ClFN3O/c1-9(2)15-11(7-10-3-4-12(17)13(18)8-10)16(22)21-14(20-15)5-6-19-21/h3-6,8-9,22H,7H2,1-2H3. The highest BCUT2D eigenvalue weighted by molar-refractivity contribution is 6.30. The largest absolute Gasteiger partial charge is 0.493 e. The van der Waals surface area contributed by atoms with Gasteiger partial charge in [-0.05, 0) is 23.6 Å². The number of aromatic hydroxyl groups is 1. The van der Waals surface area contributed by atoms with E-state index in [0.717, 1.165) is 5.69 Å². The van der Waals surface area contributed by atoms with Crippen molar-refractivity contribution in [2.75, 3.05) is 0 Å². The minimum Gasteiger partial charge on any atom is -0.493 e. The van der Waals surface area contributed by atoms with E-state index in [1.54, 1.807) is 18.3 Å². The summed E-state index contributed by atoms with van der Waals surface area (Å²) in [5.74, 6) is -0.315. The second-order valence-electron chi connectivity index (χ2n) is 5.48. The van der Waals surface area contributed by atoms with Gasteiger partial charge in [-0.15, -0.1) is 0 Å². The number of aromatic nitrogens is 3. The zero-order valence-corrected chi connectivity index (χ0v) is 13.0. The lowest BCUT2D eigenvalue weighted by molar-refractivity contribution is 0.426. The first-order chi connectivity index (χ1) is 10.5. The lowest BCUT2D eigenvalue weighted by Crippen LogP contribution is -2.06. The molecule has 0 amide bonds. The van der Waals surface area contributed by atoms with Gasteiger partial charge in [-0.3, -0.25) is 0 Å². The molecular formula is C16H15ClFN3O. The summed E-state index contributed by atoms with van der Waals surface area (Å²) < 4.78 is 15.0. The SMILES string of the molecule is CC(C)c1nc2ccnn2c(O)c1Cc1ccc(Cl)c(F)c1. The van der Waals surface area contributed by atoms with Crippen LogP contribution >= 0.6 is 11.6 Å². The van der Waals surface area contributed by atoms with Crippen LogP contribution in [-0.4, -0.2) is 19.7 Å². The molecule has 3 aromatic rings. The Kier molecular flexibility index (Phi) is 3.74. The average molecular weight is 320 g/mol. The first-order valence-electron chi connectivity index (χ1n) is 6.96. The van der Waals surface area contributed by atoms with Gasteiger partial charge >= 0.3 is 0 Å². The van der Waals surface area contributed by atoms with Crippen LogP contribution in [0.25, 0.3) is 5.65 Å². The van der Waals surface area contributed by atoms with Crippen LogP contribution in [0.4, 0.5) is 4.39 Å². The van der Waals surface area contributed by atoms with E-state index in [4.69, 9.17) is 11.6 Å². The first-order valence-corrected chi connectivity index (χ1v) is 7.34. The molecule has 0 spiro atoms. The topological polar surface area (TPSA) is 50.4 Å². The Morgan fingerprint density at radius 1 is 1.32 bits per heavy atom. The van der Waals surface area contributed by atoms with Gasteiger partial charge in [0.25, 0.3) is 0 Å². The van der Waals surface area contributed by atoms with Crippen molar-refractivity contribution in [2.45, 2.75) is 26.2 Å². The maximum atomic E-state index is 13.6. The van der Waals surface area contributed by atoms with E-state index in [1.807, 2.05) is 13.8 Å². The summed E-state index contributed by atoms with van der Waals surface area (Å²) in [7, 11) is 0. The molecular weight excluding hydrogens is 305 g/mol. The van der Waals surface area contributed by atoms with Gasteiger partial charge in [-0.25, -0.2) is 9.37 Å². The fourth-order valence-electron chi connectivity index (χ4n) is 2.48. The molecule has 22 heavy (non-hydrogen) atoms. The molecule has 0 saturated heterocycles. The van der Waals surface area contributed by atoms with E-state index >= 15 is 0 Å². The molecule has 4 nitrogen and oxygen atoms in total. The molecule has 0 aliphatic rings. The molecule has 0 radical (unpaired) electrons. The molecule has 0 fully saturated rings. The van der Waals surface area contributed by atoms with Gasteiger partial charge in [-0.2, -0.15) is 9.61 Å². The van der Waals surface area contributed by atoms with Crippen molar-refractivity contribution in [3.05, 3.63) is 58.1 Å². The fraction of sp³-hybridized carbons (Fsp3) is 0.250. The van der Waals surface area contributed by atoms with Crippen LogP contribution in [0.2, 0.25) is 5.02 Å². The van der Waals surface area contributed by atoms with Crippen molar-refractivity contribution in [1.82, 2.24) is 14.6 Å². The number of benzene rings is 1. The summed E-state index contributed by atoms with van der Waals surface area (Å²) in [6.07, 6.45) is 1.94. The zero-order chi connectivity index (χ0) is 15.9. The van der Waals surface area contributed by atoms with Gasteiger partial charge in [0.2, 0.25) is 5.88 Å². The molecule has 1 N–H and O–H groups in total. The van der Waals surface area contributed by atoms with Gasteiger partial charge in [-0.1, -0.05) is 31.5 Å². The van der Waals surface area contributed by atoms with Crippen molar-refractivity contribution in [1.29, 1.82) is 0 Å². The van der Waals surface area contributed by atoms with Crippen LogP contribution < -0.4 is 0 Å². The zero-order valence-electron chi connectivity index (χ0n) is 12.2. The van der Waals surface area contributed by atoms with Crippen LogP contribution in [0, 0.1) is 5.82 Å². The van der Waals surface area contributed by atoms with Crippen molar-refractivity contribution in [2.24, 2.45) is 0 Å². The highest BCUT2D eigenvalue weighted by Crippen LogP contribution is 2.29. The molecule has 2 heterocycles. The number of nitrogens with zero attached hydrogens (tertiary/aromatic N) is 3. The quantitative estimate of drug-likeness (QED) is 0.795. The Labute approximate surface area is 132 Å². The lowest BCUT2D eigenvalue weighted by Gasteiger charge is -2.14. The van der Waals surface area contributed by atoms with E-state index in [2.05, 4.69) is 10.1 Å². The van der Waals surface area contributed by atoms with Crippen LogP contribution in [0.15, 0.2) is 30.5 Å². The van der Waals surface area contributed by atoms with Gasteiger partial charge in [0, 0.05) is 18.1 Å². The Balaban J connectivity index is 2.13. The minimum atomic E-state index is -0.474. The van der Waals surface area contributed by atoms with Crippen LogP contribution in [-0.2, 0) is 6.42 Å². The van der Waals surface area contributed by atoms with Crippen molar-refractivity contribution >= 4 is 17.2 Å². The molecule has 1 aromatic carbocycles. The number of fused-ring (bicyclic) bond motifs is 1. The Morgan fingerprint density at radius 3 is 2.77 bits per heavy atom. The van der Waals surface area contributed by atoms with E-state index in [1.165, 1.54) is 16.6 Å². The van der Waals surface area contributed by atoms with Crippen molar-refractivity contribution < 1.29 is 9.50 Å². The molecule has 2 aromatic heterocycles. The summed E-state index contributed by atoms with van der Waals surface area (Å²) in [4.78, 5) is 4.55. The molecule has 0 aliphatic heterocycles. The third kappa shape index (κ3) is 2.52. The molecule has 6 heteroatoms. The van der Waals surface area contributed by atoms with E-state index in [9.17, 15) is 9.50 Å². The Hall–Kier alpha value is -2.14. The van der Waals surface area contributed by atoms with Crippen molar-refractivity contribution in [3.63, 3.8) is 0 Å². The average Bonchev–Trinajstić information content (AvgIpc) is 2.94. The predicted octanol–water partition coefficient (Wildman–Crippen LogP) is 3.94. The molecule has 0 saturated carbocycles. The van der Waals surface area contributed by atoms with Gasteiger partial charge in [0.15, 0.2) is 5.65 Å². The Bertz CT molecular complexity index is 845. The molecule has 0 aliphatic carbocycles. The van der Waals surface area contributed by atoms with Gasteiger partial charge < -0.3 is 5.11 Å². The van der Waals surface area contributed by atoms with Crippen LogP contribution in [0.1, 0.15) is 36.6 Å². The van der Waals surface area contributed by atoms with Crippen LogP contribution in [0.5, 0.6) is 5.88 Å². The summed E-state index contributed by atoms with van der Waals surface area (Å²) in [5.41, 5.74) is 2.73. The monoisotopic (exact) mass is 319 g/mol. The van der Waals surface area contributed by atoms with E-state index in [-0.39, 0.29) is 16.8 Å². The second-order valence-corrected chi connectivity index (χ2v) is 5.89. The van der Waals surface area contributed by atoms with Gasteiger partial charge in [0.05, 0.1) is 16.9 Å². The summed E-state index contributed by atoms with van der Waals surface area (Å²) >= 11 is 5.71.